The summed E-state index contributed by atoms with van der Waals surface area (Å²) >= 11 is 1.06. The van der Waals surface area contributed by atoms with Crippen molar-refractivity contribution in [1.82, 2.24) is 10.3 Å². The van der Waals surface area contributed by atoms with E-state index in [0.29, 0.717) is 22.0 Å². The van der Waals surface area contributed by atoms with Gasteiger partial charge in [-0.3, -0.25) is 4.79 Å². The van der Waals surface area contributed by atoms with Crippen LogP contribution < -0.4 is 10.1 Å². The summed E-state index contributed by atoms with van der Waals surface area (Å²) in [6.07, 6.45) is 0. The number of ether oxygens (including phenoxy) is 1. The van der Waals surface area contributed by atoms with Crippen molar-refractivity contribution >= 4 is 23.2 Å². The molecule has 0 aliphatic heterocycles. The zero-order valence-corrected chi connectivity index (χ0v) is 12.4. The van der Waals surface area contributed by atoms with Gasteiger partial charge in [-0.15, -0.1) is 11.3 Å². The first-order valence-electron chi connectivity index (χ1n) is 6.13. The molecule has 0 spiro atoms. The third kappa shape index (κ3) is 3.38. The minimum atomic E-state index is -1.01. The van der Waals surface area contributed by atoms with Crippen molar-refractivity contribution in [1.29, 1.82) is 0 Å². The lowest BCUT2D eigenvalue weighted by molar-refractivity contribution is 0.0701. The Morgan fingerprint density at radius 2 is 2.10 bits per heavy atom. The lowest BCUT2D eigenvalue weighted by Crippen LogP contribution is -2.23. The predicted octanol–water partition coefficient (Wildman–Crippen LogP) is 2.09. The van der Waals surface area contributed by atoms with Gasteiger partial charge in [0.15, 0.2) is 0 Å². The van der Waals surface area contributed by atoms with E-state index in [4.69, 9.17) is 9.84 Å². The molecule has 0 bridgehead atoms. The molecule has 2 N–H and O–H groups in total. The molecule has 0 radical (unpaired) electrons. The molecule has 2 rings (SSSR count). The highest BCUT2D eigenvalue weighted by Gasteiger charge is 2.15. The summed E-state index contributed by atoms with van der Waals surface area (Å²) < 4.78 is 5.12. The Morgan fingerprint density at radius 1 is 1.38 bits per heavy atom. The van der Waals surface area contributed by atoms with E-state index in [2.05, 4.69) is 10.3 Å². The number of nitrogens with zero attached hydrogens (tertiary/aromatic N) is 1. The van der Waals surface area contributed by atoms with Crippen LogP contribution >= 0.6 is 11.3 Å². The van der Waals surface area contributed by atoms with E-state index < -0.39 is 5.97 Å². The monoisotopic (exact) mass is 306 g/mol. The van der Waals surface area contributed by atoms with Crippen molar-refractivity contribution in [2.45, 2.75) is 13.5 Å². The van der Waals surface area contributed by atoms with Gasteiger partial charge in [-0.1, -0.05) is 12.1 Å². The molecule has 21 heavy (non-hydrogen) atoms. The van der Waals surface area contributed by atoms with Crippen LogP contribution in [0.15, 0.2) is 24.3 Å². The number of nitrogens with one attached hydrogen (secondary N) is 1. The van der Waals surface area contributed by atoms with Gasteiger partial charge in [-0.05, 0) is 19.1 Å². The van der Waals surface area contributed by atoms with Crippen LogP contribution in [0.3, 0.4) is 0 Å². The first-order valence-corrected chi connectivity index (χ1v) is 6.95. The number of carboxylic acids is 1. The molecule has 0 atom stereocenters. The largest absolute Gasteiger partial charge is 0.496 e. The fourth-order valence-corrected chi connectivity index (χ4v) is 2.65. The van der Waals surface area contributed by atoms with Crippen LogP contribution in [0.4, 0.5) is 0 Å². The maximum absolute atomic E-state index is 12.1. The minimum absolute atomic E-state index is 0.176. The van der Waals surface area contributed by atoms with E-state index in [-0.39, 0.29) is 17.3 Å². The van der Waals surface area contributed by atoms with Crippen LogP contribution in [-0.2, 0) is 6.54 Å². The smallest absolute Gasteiger partial charge is 0.347 e. The van der Waals surface area contributed by atoms with Crippen molar-refractivity contribution in [2.75, 3.05) is 7.11 Å². The number of amides is 1. The van der Waals surface area contributed by atoms with Gasteiger partial charge in [-0.25, -0.2) is 9.78 Å². The Morgan fingerprint density at radius 3 is 2.71 bits per heavy atom. The zero-order valence-electron chi connectivity index (χ0n) is 11.5. The highest BCUT2D eigenvalue weighted by molar-refractivity contribution is 7.13. The fraction of sp³-hybridized carbons (Fsp3) is 0.214. The summed E-state index contributed by atoms with van der Waals surface area (Å²) in [4.78, 5) is 27.4. The van der Waals surface area contributed by atoms with Gasteiger partial charge in [0, 0.05) is 0 Å². The Kier molecular flexibility index (Phi) is 4.54. The maximum atomic E-state index is 12.1. The second kappa shape index (κ2) is 6.36. The minimum Gasteiger partial charge on any atom is -0.496 e. The van der Waals surface area contributed by atoms with Gasteiger partial charge in [0.05, 0.1) is 24.9 Å². The molecule has 2 aromatic rings. The number of methoxy groups -OCH3 is 1. The molecular weight excluding hydrogens is 292 g/mol. The van der Waals surface area contributed by atoms with Gasteiger partial charge in [0.2, 0.25) is 0 Å². The van der Waals surface area contributed by atoms with Gasteiger partial charge in [-0.2, -0.15) is 0 Å². The number of aromatic nitrogens is 1. The Hall–Kier alpha value is -2.41. The number of thiazole rings is 1. The number of rotatable bonds is 5. The number of aromatic carboxylic acids is 1. The lowest BCUT2D eigenvalue weighted by atomic mass is 10.2. The summed E-state index contributed by atoms with van der Waals surface area (Å²) in [5.41, 5.74) is 0.876. The van der Waals surface area contributed by atoms with Gasteiger partial charge in [0.1, 0.15) is 15.6 Å². The van der Waals surface area contributed by atoms with Crippen LogP contribution in [0.2, 0.25) is 0 Å². The third-order valence-electron chi connectivity index (χ3n) is 2.79. The predicted molar refractivity (Wildman–Crippen MR) is 78.0 cm³/mol. The van der Waals surface area contributed by atoms with E-state index in [9.17, 15) is 9.59 Å². The molecule has 0 saturated carbocycles. The molecule has 1 amide bonds. The fourth-order valence-electron chi connectivity index (χ4n) is 1.81. The Bertz CT molecular complexity index is 681. The molecule has 0 fully saturated rings. The maximum Gasteiger partial charge on any atom is 0.347 e. The molecule has 6 nitrogen and oxygen atoms in total. The van der Waals surface area contributed by atoms with Crippen molar-refractivity contribution in [3.8, 4) is 5.75 Å². The van der Waals surface area contributed by atoms with Crippen molar-refractivity contribution in [2.24, 2.45) is 0 Å². The molecule has 0 aliphatic carbocycles. The topological polar surface area (TPSA) is 88.5 Å². The van der Waals surface area contributed by atoms with Gasteiger partial charge in [0.25, 0.3) is 5.91 Å². The standard InChI is InChI=1S/C14H14N2O4S/c1-8-12(14(18)19)21-11(16-8)7-15-13(17)9-5-3-4-6-10(9)20-2/h3-6H,7H2,1-2H3,(H,15,17)(H,18,19). The first kappa shape index (κ1) is 15.0. The van der Waals surface area contributed by atoms with Crippen LogP contribution in [0, 0.1) is 6.92 Å². The van der Waals surface area contributed by atoms with Crippen molar-refractivity contribution < 1.29 is 19.4 Å². The number of carbonyl (C=O) groups is 2. The van der Waals surface area contributed by atoms with E-state index in [0.717, 1.165) is 11.3 Å². The second-order valence-electron chi connectivity index (χ2n) is 4.21. The van der Waals surface area contributed by atoms with E-state index in [1.54, 1.807) is 31.2 Å². The Balaban J connectivity index is 2.07. The van der Waals surface area contributed by atoms with E-state index in [1.165, 1.54) is 7.11 Å². The van der Waals surface area contributed by atoms with Gasteiger partial charge < -0.3 is 15.2 Å². The number of hydrogen-bond donors (Lipinski definition) is 2. The molecule has 1 aromatic heterocycles. The number of benzene rings is 1. The number of carbonyl (C=O) groups excluding carboxylic acids is 1. The molecule has 1 heterocycles. The zero-order chi connectivity index (χ0) is 15.4. The molecular formula is C14H14N2O4S. The highest BCUT2D eigenvalue weighted by Crippen LogP contribution is 2.19. The van der Waals surface area contributed by atoms with Crippen LogP contribution in [0.5, 0.6) is 5.75 Å². The summed E-state index contributed by atoms with van der Waals surface area (Å²) in [5.74, 6) is -0.818. The van der Waals surface area contributed by atoms with E-state index in [1.807, 2.05) is 0 Å². The van der Waals surface area contributed by atoms with Gasteiger partial charge >= 0.3 is 5.97 Å². The summed E-state index contributed by atoms with van der Waals surface area (Å²) in [6, 6.07) is 6.88. The Labute approximate surface area is 125 Å². The quantitative estimate of drug-likeness (QED) is 0.883. The summed E-state index contributed by atoms with van der Waals surface area (Å²) in [5, 5.41) is 12.2. The molecule has 0 unspecified atom stereocenters. The number of aryl methyl sites for hydroxylation is 1. The SMILES string of the molecule is COc1ccccc1C(=O)NCc1nc(C)c(C(=O)O)s1. The number of carboxylic acid groups (broad SMARTS) is 1. The molecule has 0 aliphatic rings. The van der Waals surface area contributed by atoms with Crippen LogP contribution in [0.25, 0.3) is 0 Å². The molecule has 0 saturated heterocycles. The summed E-state index contributed by atoms with van der Waals surface area (Å²) in [6.45, 7) is 1.81. The first-order chi connectivity index (χ1) is 10.0. The summed E-state index contributed by atoms with van der Waals surface area (Å²) in [7, 11) is 1.50. The second-order valence-corrected chi connectivity index (χ2v) is 5.29. The van der Waals surface area contributed by atoms with Crippen LogP contribution in [-0.4, -0.2) is 29.1 Å². The number of para-hydroxylation sites is 1. The average molecular weight is 306 g/mol. The van der Waals surface area contributed by atoms with Crippen molar-refractivity contribution in [3.63, 3.8) is 0 Å². The van der Waals surface area contributed by atoms with E-state index >= 15 is 0 Å². The van der Waals surface area contributed by atoms with Crippen LogP contribution in [0.1, 0.15) is 30.7 Å². The average Bonchev–Trinajstić information content (AvgIpc) is 2.86. The molecule has 110 valence electrons. The molecule has 7 heteroatoms. The number of hydrogen-bond acceptors (Lipinski definition) is 5. The third-order valence-corrected chi connectivity index (χ3v) is 3.93. The molecule has 1 aromatic carbocycles. The normalized spacial score (nSPS) is 10.2. The lowest BCUT2D eigenvalue weighted by Gasteiger charge is -2.07. The highest BCUT2D eigenvalue weighted by atomic mass is 32.1. The van der Waals surface area contributed by atoms with Crippen molar-refractivity contribution in [3.05, 3.63) is 45.4 Å².